The van der Waals surface area contributed by atoms with Gasteiger partial charge in [-0.15, -0.1) is 0 Å². The van der Waals surface area contributed by atoms with E-state index in [9.17, 15) is 0 Å². The van der Waals surface area contributed by atoms with Crippen LogP contribution >= 0.6 is 0 Å². The average molecular weight is 236 g/mol. The lowest BCUT2D eigenvalue weighted by Gasteiger charge is -2.02. The Bertz CT molecular complexity index is 713. The Kier molecular flexibility index (Phi) is 2.41. The summed E-state index contributed by atoms with van der Waals surface area (Å²) in [5.74, 6) is 0. The number of fused-ring (bicyclic) bond motifs is 1. The van der Waals surface area contributed by atoms with Gasteiger partial charge in [-0.25, -0.2) is 0 Å². The van der Waals surface area contributed by atoms with Crippen LogP contribution in [0.3, 0.4) is 0 Å². The molecule has 0 spiro atoms. The molecular weight excluding hydrogens is 224 g/mol. The molecule has 0 saturated heterocycles. The van der Waals surface area contributed by atoms with Crippen molar-refractivity contribution >= 4 is 17.1 Å². The van der Waals surface area contributed by atoms with E-state index in [0.717, 1.165) is 27.7 Å². The Morgan fingerprint density at radius 1 is 1.17 bits per heavy atom. The lowest BCUT2D eigenvalue weighted by Crippen LogP contribution is -1.93. The molecule has 1 N–H and O–H groups in total. The molecule has 4 nitrogen and oxygen atoms in total. The van der Waals surface area contributed by atoms with Crippen LogP contribution in [-0.4, -0.2) is 21.0 Å². The Balaban J connectivity index is 2.34. The topological polar surface area (TPSA) is 54.6 Å². The second-order valence-corrected chi connectivity index (χ2v) is 4.13. The van der Waals surface area contributed by atoms with Gasteiger partial charge in [0.25, 0.3) is 0 Å². The van der Waals surface area contributed by atoms with Gasteiger partial charge in [-0.3, -0.25) is 9.67 Å². The standard InChI is InChI=1S/C14H12N4/c1-18-14(11-4-6-16-7-5-11)12-8-10(9-15)2-3-13(12)17-18/h2-9,15H,1H3. The minimum atomic E-state index is 0.880. The summed E-state index contributed by atoms with van der Waals surface area (Å²) in [6.07, 6.45) is 4.89. The van der Waals surface area contributed by atoms with Crippen molar-refractivity contribution in [1.29, 1.82) is 5.41 Å². The Morgan fingerprint density at radius 2 is 1.94 bits per heavy atom. The van der Waals surface area contributed by atoms with E-state index in [1.807, 2.05) is 42.1 Å². The predicted molar refractivity (Wildman–Crippen MR) is 71.8 cm³/mol. The first-order valence-corrected chi connectivity index (χ1v) is 5.67. The molecule has 0 atom stereocenters. The highest BCUT2D eigenvalue weighted by Gasteiger charge is 2.10. The van der Waals surface area contributed by atoms with Gasteiger partial charge in [0, 0.05) is 36.6 Å². The quantitative estimate of drug-likeness (QED) is 0.695. The average Bonchev–Trinajstić information content (AvgIpc) is 2.74. The highest BCUT2D eigenvalue weighted by Crippen LogP contribution is 2.28. The molecular formula is C14H12N4. The number of aromatic nitrogens is 3. The van der Waals surface area contributed by atoms with Crippen LogP contribution in [0.5, 0.6) is 0 Å². The van der Waals surface area contributed by atoms with Crippen molar-refractivity contribution in [2.45, 2.75) is 0 Å². The van der Waals surface area contributed by atoms with Crippen LogP contribution < -0.4 is 0 Å². The van der Waals surface area contributed by atoms with Crippen molar-refractivity contribution in [2.24, 2.45) is 7.05 Å². The lowest BCUT2D eigenvalue weighted by molar-refractivity contribution is 0.788. The van der Waals surface area contributed by atoms with Gasteiger partial charge in [-0.1, -0.05) is 6.07 Å². The van der Waals surface area contributed by atoms with Gasteiger partial charge >= 0.3 is 0 Å². The van der Waals surface area contributed by atoms with Gasteiger partial charge in [-0.2, -0.15) is 5.10 Å². The number of benzene rings is 1. The van der Waals surface area contributed by atoms with Crippen molar-refractivity contribution < 1.29 is 0 Å². The van der Waals surface area contributed by atoms with E-state index in [4.69, 9.17) is 5.41 Å². The first-order chi connectivity index (χ1) is 8.79. The molecule has 0 radical (unpaired) electrons. The van der Waals surface area contributed by atoms with Crippen molar-refractivity contribution in [3.8, 4) is 11.3 Å². The maximum Gasteiger partial charge on any atom is 0.0930 e. The van der Waals surface area contributed by atoms with Crippen LogP contribution in [0.1, 0.15) is 5.56 Å². The number of nitrogens with zero attached hydrogens (tertiary/aromatic N) is 3. The zero-order valence-electron chi connectivity index (χ0n) is 9.96. The van der Waals surface area contributed by atoms with E-state index in [1.54, 1.807) is 12.4 Å². The molecule has 4 heteroatoms. The number of nitrogens with one attached hydrogen (secondary N) is 1. The molecule has 2 aromatic heterocycles. The van der Waals surface area contributed by atoms with Gasteiger partial charge in [-0.05, 0) is 29.8 Å². The highest BCUT2D eigenvalue weighted by molar-refractivity contribution is 5.96. The zero-order chi connectivity index (χ0) is 12.5. The molecule has 18 heavy (non-hydrogen) atoms. The maximum absolute atomic E-state index is 7.34. The number of pyridine rings is 1. The predicted octanol–water partition coefficient (Wildman–Crippen LogP) is 2.63. The van der Waals surface area contributed by atoms with Crippen molar-refractivity contribution in [2.75, 3.05) is 0 Å². The summed E-state index contributed by atoms with van der Waals surface area (Å²) in [6, 6.07) is 9.77. The molecule has 0 aliphatic rings. The summed E-state index contributed by atoms with van der Waals surface area (Å²) in [5.41, 5.74) is 3.95. The number of hydrogen-bond donors (Lipinski definition) is 1. The number of aryl methyl sites for hydroxylation is 1. The van der Waals surface area contributed by atoms with Crippen molar-refractivity contribution in [3.05, 3.63) is 48.3 Å². The highest BCUT2D eigenvalue weighted by atomic mass is 15.3. The smallest absolute Gasteiger partial charge is 0.0930 e. The van der Waals surface area contributed by atoms with E-state index >= 15 is 0 Å². The minimum absolute atomic E-state index is 0.880. The SMILES string of the molecule is Cn1nc2ccc(C=N)cc2c1-c1ccncc1. The van der Waals surface area contributed by atoms with E-state index < -0.39 is 0 Å². The molecule has 0 aliphatic carbocycles. The Hall–Kier alpha value is -2.49. The molecule has 1 aromatic carbocycles. The van der Waals surface area contributed by atoms with Gasteiger partial charge in [0.15, 0.2) is 0 Å². The molecule has 0 aliphatic heterocycles. The second kappa shape index (κ2) is 4.07. The molecule has 3 aromatic rings. The molecule has 0 bridgehead atoms. The van der Waals surface area contributed by atoms with Crippen LogP contribution in [-0.2, 0) is 7.05 Å². The van der Waals surface area contributed by atoms with Crippen molar-refractivity contribution in [3.63, 3.8) is 0 Å². The molecule has 2 heterocycles. The molecule has 88 valence electrons. The summed E-state index contributed by atoms with van der Waals surface area (Å²) in [4.78, 5) is 4.03. The van der Waals surface area contributed by atoms with E-state index in [2.05, 4.69) is 10.1 Å². The summed E-state index contributed by atoms with van der Waals surface area (Å²) in [6.45, 7) is 0. The van der Waals surface area contributed by atoms with Gasteiger partial charge < -0.3 is 5.41 Å². The van der Waals surface area contributed by atoms with E-state index in [0.29, 0.717) is 0 Å². The molecule has 0 unspecified atom stereocenters. The molecule has 0 amide bonds. The summed E-state index contributed by atoms with van der Waals surface area (Å²) in [7, 11) is 1.93. The third-order valence-electron chi connectivity index (χ3n) is 2.98. The lowest BCUT2D eigenvalue weighted by atomic mass is 10.1. The largest absolute Gasteiger partial charge is 0.308 e. The van der Waals surface area contributed by atoms with Gasteiger partial charge in [0.1, 0.15) is 0 Å². The maximum atomic E-state index is 7.34. The zero-order valence-corrected chi connectivity index (χ0v) is 9.96. The third kappa shape index (κ3) is 1.59. The third-order valence-corrected chi connectivity index (χ3v) is 2.98. The summed E-state index contributed by atoms with van der Waals surface area (Å²) in [5, 5.41) is 12.9. The second-order valence-electron chi connectivity index (χ2n) is 4.13. The van der Waals surface area contributed by atoms with Crippen LogP contribution in [0, 0.1) is 5.41 Å². The van der Waals surface area contributed by atoms with Crippen LogP contribution in [0.2, 0.25) is 0 Å². The van der Waals surface area contributed by atoms with Crippen LogP contribution in [0.4, 0.5) is 0 Å². The summed E-state index contributed by atoms with van der Waals surface area (Å²) >= 11 is 0. The van der Waals surface area contributed by atoms with Gasteiger partial charge in [0.2, 0.25) is 0 Å². The number of rotatable bonds is 2. The normalized spacial score (nSPS) is 10.7. The van der Waals surface area contributed by atoms with Crippen molar-refractivity contribution in [1.82, 2.24) is 14.8 Å². The molecule has 0 fully saturated rings. The fourth-order valence-electron chi connectivity index (χ4n) is 2.16. The first kappa shape index (κ1) is 10.7. The van der Waals surface area contributed by atoms with Crippen LogP contribution in [0.15, 0.2) is 42.7 Å². The molecule has 3 rings (SSSR count). The monoisotopic (exact) mass is 236 g/mol. The van der Waals surface area contributed by atoms with E-state index in [-0.39, 0.29) is 0 Å². The van der Waals surface area contributed by atoms with Crippen LogP contribution in [0.25, 0.3) is 22.2 Å². The fourth-order valence-corrected chi connectivity index (χ4v) is 2.16. The Morgan fingerprint density at radius 3 is 2.67 bits per heavy atom. The first-order valence-electron chi connectivity index (χ1n) is 5.67. The Labute approximate surface area is 104 Å². The van der Waals surface area contributed by atoms with Gasteiger partial charge in [0.05, 0.1) is 11.2 Å². The summed E-state index contributed by atoms with van der Waals surface area (Å²) < 4.78 is 1.87. The van der Waals surface area contributed by atoms with E-state index in [1.165, 1.54) is 6.21 Å². The molecule has 0 saturated carbocycles. The minimum Gasteiger partial charge on any atom is -0.308 e. The number of hydrogen-bond acceptors (Lipinski definition) is 3. The fraction of sp³-hybridized carbons (Fsp3) is 0.0714.